The molecule has 1 aliphatic heterocycles. The monoisotopic (exact) mass is 473 g/mol. The zero-order valence-electron chi connectivity index (χ0n) is 18.9. The molecule has 3 N–H and O–H groups in total. The number of likely N-dealkylation sites (tertiary alicyclic amines) is 1. The maximum Gasteiger partial charge on any atom is 0.274 e. The van der Waals surface area contributed by atoms with Crippen LogP contribution >= 0.6 is 0 Å². The van der Waals surface area contributed by atoms with Crippen LogP contribution in [-0.2, 0) is 4.79 Å². The van der Waals surface area contributed by atoms with Crippen molar-refractivity contribution in [3.63, 3.8) is 0 Å². The first-order valence-corrected chi connectivity index (χ1v) is 11.3. The van der Waals surface area contributed by atoms with Gasteiger partial charge in [0.1, 0.15) is 11.3 Å². The Balaban J connectivity index is 1.50. The number of carbonyl (C=O) groups excluding carboxylic acids is 1. The fourth-order valence-electron chi connectivity index (χ4n) is 4.62. The summed E-state index contributed by atoms with van der Waals surface area (Å²) in [5.41, 5.74) is 8.03. The molecule has 8 nitrogen and oxygen atoms in total. The van der Waals surface area contributed by atoms with Crippen LogP contribution in [0.2, 0.25) is 0 Å². The molecule has 0 radical (unpaired) electrons. The number of piperidine rings is 1. The van der Waals surface area contributed by atoms with Crippen LogP contribution in [0.15, 0.2) is 72.2 Å². The van der Waals surface area contributed by atoms with E-state index in [2.05, 4.69) is 16.8 Å². The van der Waals surface area contributed by atoms with Gasteiger partial charge in [-0.25, -0.2) is 9.49 Å². The number of hydrogen-bond acceptors (Lipinski definition) is 5. The van der Waals surface area contributed by atoms with Crippen LogP contribution in [0.1, 0.15) is 24.3 Å². The zero-order chi connectivity index (χ0) is 24.5. The van der Waals surface area contributed by atoms with Gasteiger partial charge in [-0.2, -0.15) is 5.10 Å². The Bertz CT molecular complexity index is 1470. The second kappa shape index (κ2) is 9.09. The molecule has 1 saturated heterocycles. The number of para-hydroxylation sites is 1. The Morgan fingerprint density at radius 1 is 1.17 bits per heavy atom. The lowest BCUT2D eigenvalue weighted by Crippen LogP contribution is -2.36. The number of anilines is 1. The van der Waals surface area contributed by atoms with Crippen LogP contribution in [0.5, 0.6) is 11.5 Å². The molecule has 1 amide bonds. The van der Waals surface area contributed by atoms with Crippen LogP contribution in [0, 0.1) is 5.82 Å². The summed E-state index contributed by atoms with van der Waals surface area (Å²) in [6.45, 7) is 4.73. The fourth-order valence-corrected chi connectivity index (χ4v) is 4.62. The molecule has 3 heterocycles. The molecule has 0 saturated carbocycles. The van der Waals surface area contributed by atoms with Gasteiger partial charge in [-0.3, -0.25) is 9.59 Å². The minimum atomic E-state index is -0.448. The van der Waals surface area contributed by atoms with E-state index in [-0.39, 0.29) is 29.0 Å². The number of H-pyrrole nitrogens is 1. The number of aromatic nitrogens is 3. The van der Waals surface area contributed by atoms with Gasteiger partial charge in [0.2, 0.25) is 5.91 Å². The highest BCUT2D eigenvalue weighted by atomic mass is 19.1. The predicted octanol–water partition coefficient (Wildman–Crippen LogP) is 4.12. The largest absolute Gasteiger partial charge is 0.454 e. The number of carbonyl (C=O) groups is 1. The maximum absolute atomic E-state index is 13.9. The number of nitrogen functional groups attached to an aromatic ring is 1. The summed E-state index contributed by atoms with van der Waals surface area (Å²) in [5, 5.41) is 6.96. The first-order valence-electron chi connectivity index (χ1n) is 11.3. The number of fused-ring (bicyclic) bond motifs is 1. The van der Waals surface area contributed by atoms with Gasteiger partial charge >= 0.3 is 0 Å². The van der Waals surface area contributed by atoms with E-state index in [0.717, 1.165) is 24.1 Å². The summed E-state index contributed by atoms with van der Waals surface area (Å²) >= 11 is 0. The first kappa shape index (κ1) is 22.4. The average molecular weight is 474 g/mol. The quantitative estimate of drug-likeness (QED) is 0.424. The number of hydrogen-bond donors (Lipinski definition) is 2. The van der Waals surface area contributed by atoms with Crippen molar-refractivity contribution in [2.45, 2.75) is 18.8 Å². The topological polar surface area (TPSA) is 106 Å². The standard InChI is InChI=1S/C26H24FN5O3/c1-2-22(33)31-13-11-16(12-14-31)19-15-32(24-23(19)26(34)30-29-25(24)28)17-7-9-18(10-8-17)35-21-6-4-3-5-20(21)27/h2-10,15-16H,1,11-14H2,(H2,28,29)(H,30,34). The third-order valence-electron chi connectivity index (χ3n) is 6.38. The summed E-state index contributed by atoms with van der Waals surface area (Å²) in [6, 6.07) is 13.3. The van der Waals surface area contributed by atoms with Gasteiger partial charge in [0.25, 0.3) is 5.56 Å². The molecule has 2 aromatic carbocycles. The molecule has 1 aliphatic rings. The third kappa shape index (κ3) is 4.16. The smallest absolute Gasteiger partial charge is 0.274 e. The highest BCUT2D eigenvalue weighted by molar-refractivity contribution is 5.92. The summed E-state index contributed by atoms with van der Waals surface area (Å²) in [7, 11) is 0. The Morgan fingerprint density at radius 3 is 2.57 bits per heavy atom. The Kier molecular flexibility index (Phi) is 5.82. The highest BCUT2D eigenvalue weighted by Crippen LogP contribution is 2.36. The number of nitrogens with one attached hydrogen (secondary N) is 1. The van der Waals surface area contributed by atoms with E-state index in [1.54, 1.807) is 35.2 Å². The molecule has 0 aliphatic carbocycles. The van der Waals surface area contributed by atoms with E-state index in [1.165, 1.54) is 12.1 Å². The number of nitrogens with two attached hydrogens (primary N) is 1. The predicted molar refractivity (Wildman–Crippen MR) is 131 cm³/mol. The molecule has 0 bridgehead atoms. The lowest BCUT2D eigenvalue weighted by Gasteiger charge is -2.31. The molecule has 35 heavy (non-hydrogen) atoms. The minimum absolute atomic E-state index is 0.0826. The van der Waals surface area contributed by atoms with E-state index < -0.39 is 5.82 Å². The van der Waals surface area contributed by atoms with Gasteiger partial charge in [-0.1, -0.05) is 18.7 Å². The number of benzene rings is 2. The average Bonchev–Trinajstić information content (AvgIpc) is 3.30. The van der Waals surface area contributed by atoms with Crippen molar-refractivity contribution < 1.29 is 13.9 Å². The van der Waals surface area contributed by atoms with E-state index in [9.17, 15) is 14.0 Å². The molecule has 2 aromatic heterocycles. The van der Waals surface area contributed by atoms with Crippen LogP contribution in [-0.4, -0.2) is 38.7 Å². The molecular weight excluding hydrogens is 449 g/mol. The molecule has 178 valence electrons. The van der Waals surface area contributed by atoms with Crippen LogP contribution in [0.4, 0.5) is 10.2 Å². The fraction of sp³-hybridized carbons (Fsp3) is 0.192. The Hall–Kier alpha value is -4.40. The SMILES string of the molecule is C=CC(=O)N1CCC(c2cn(-c3ccc(Oc4ccccc4F)cc3)c3c(N)n[nH]c(=O)c23)CC1. The van der Waals surface area contributed by atoms with E-state index in [4.69, 9.17) is 10.5 Å². The molecule has 1 fully saturated rings. The minimum Gasteiger partial charge on any atom is -0.454 e. The third-order valence-corrected chi connectivity index (χ3v) is 6.38. The normalized spacial score (nSPS) is 14.3. The number of rotatable bonds is 5. The van der Waals surface area contributed by atoms with Crippen LogP contribution < -0.4 is 16.0 Å². The van der Waals surface area contributed by atoms with Crippen molar-refractivity contribution >= 4 is 22.6 Å². The number of amides is 1. The maximum atomic E-state index is 13.9. The molecule has 4 aromatic rings. The molecule has 0 spiro atoms. The highest BCUT2D eigenvalue weighted by Gasteiger charge is 2.27. The number of ether oxygens (including phenoxy) is 1. The molecule has 0 unspecified atom stereocenters. The molecular formula is C26H24FN5O3. The first-order chi connectivity index (χ1) is 17.0. The Labute approximate surface area is 200 Å². The van der Waals surface area contributed by atoms with Gasteiger partial charge in [0, 0.05) is 25.0 Å². The molecule has 0 atom stereocenters. The number of nitrogens with zero attached hydrogens (tertiary/aromatic N) is 3. The van der Waals surface area contributed by atoms with E-state index in [0.29, 0.717) is 29.7 Å². The summed E-state index contributed by atoms with van der Waals surface area (Å²) < 4.78 is 21.4. The van der Waals surface area contributed by atoms with Gasteiger partial charge in [-0.15, -0.1) is 0 Å². The van der Waals surface area contributed by atoms with Gasteiger partial charge in [-0.05, 0) is 66.8 Å². The molecule has 9 heteroatoms. The zero-order valence-corrected chi connectivity index (χ0v) is 18.9. The van der Waals surface area contributed by atoms with E-state index >= 15 is 0 Å². The van der Waals surface area contributed by atoms with Crippen LogP contribution in [0.3, 0.4) is 0 Å². The van der Waals surface area contributed by atoms with Crippen molar-refractivity contribution in [1.29, 1.82) is 0 Å². The number of aromatic amines is 1. The van der Waals surface area contributed by atoms with Crippen molar-refractivity contribution in [2.24, 2.45) is 0 Å². The van der Waals surface area contributed by atoms with Crippen molar-refractivity contribution in [1.82, 2.24) is 19.7 Å². The van der Waals surface area contributed by atoms with Crippen molar-refractivity contribution in [3.05, 3.63) is 89.1 Å². The van der Waals surface area contributed by atoms with Gasteiger partial charge < -0.3 is 19.9 Å². The number of halogens is 1. The van der Waals surface area contributed by atoms with Crippen molar-refractivity contribution in [2.75, 3.05) is 18.8 Å². The van der Waals surface area contributed by atoms with Gasteiger partial charge in [0.05, 0.1) is 5.39 Å². The lowest BCUT2D eigenvalue weighted by atomic mass is 9.89. The molecule has 5 rings (SSSR count). The lowest BCUT2D eigenvalue weighted by molar-refractivity contribution is -0.127. The Morgan fingerprint density at radius 2 is 1.89 bits per heavy atom. The summed E-state index contributed by atoms with van der Waals surface area (Å²) in [5.74, 6) is 0.358. The second-order valence-corrected chi connectivity index (χ2v) is 8.45. The van der Waals surface area contributed by atoms with Crippen molar-refractivity contribution in [3.8, 4) is 17.2 Å². The van der Waals surface area contributed by atoms with Gasteiger partial charge in [0.15, 0.2) is 17.4 Å². The summed E-state index contributed by atoms with van der Waals surface area (Å²) in [6.07, 6.45) is 4.68. The van der Waals surface area contributed by atoms with E-state index in [1.807, 2.05) is 22.9 Å². The summed E-state index contributed by atoms with van der Waals surface area (Å²) in [4.78, 5) is 26.6. The van der Waals surface area contributed by atoms with Crippen LogP contribution in [0.25, 0.3) is 16.6 Å². The second-order valence-electron chi connectivity index (χ2n) is 8.45.